The molecule has 4 fully saturated rings. The second kappa shape index (κ2) is 9.54. The number of aliphatic imine (C=N–C) groups is 1. The second-order valence-corrected chi connectivity index (χ2v) is 15.2. The highest BCUT2D eigenvalue weighted by molar-refractivity contribution is 7.89. The summed E-state index contributed by atoms with van der Waals surface area (Å²) in [4.78, 5) is 18.1. The molecule has 2 aromatic rings. The Morgan fingerprint density at radius 2 is 1.76 bits per heavy atom. The van der Waals surface area contributed by atoms with Gasteiger partial charge in [-0.3, -0.25) is 9.79 Å². The molecule has 4 aliphatic carbocycles. The van der Waals surface area contributed by atoms with Gasteiger partial charge >= 0.3 is 0 Å². The van der Waals surface area contributed by atoms with Crippen molar-refractivity contribution in [1.82, 2.24) is 9.62 Å². The maximum atomic E-state index is 14.3. The molecule has 0 aromatic heterocycles. The van der Waals surface area contributed by atoms with E-state index in [2.05, 4.69) is 5.32 Å². The van der Waals surface area contributed by atoms with Gasteiger partial charge in [0.25, 0.3) is 0 Å². The third-order valence-corrected chi connectivity index (χ3v) is 11.6. The Kier molecular flexibility index (Phi) is 6.67. The first kappa shape index (κ1) is 28.7. The highest BCUT2D eigenvalue weighted by Gasteiger charge is 2.75. The summed E-state index contributed by atoms with van der Waals surface area (Å²) in [5.74, 6) is -2.68. The van der Waals surface area contributed by atoms with Crippen molar-refractivity contribution in [2.45, 2.75) is 93.3 Å². The van der Waals surface area contributed by atoms with Gasteiger partial charge in [0, 0.05) is 36.8 Å². The number of amidine groups is 1. The number of alkyl halides is 2. The van der Waals surface area contributed by atoms with Crippen LogP contribution in [0.1, 0.15) is 64.4 Å². The summed E-state index contributed by atoms with van der Waals surface area (Å²) in [6, 6.07) is 11.9. The van der Waals surface area contributed by atoms with Gasteiger partial charge in [-0.2, -0.15) is 4.31 Å². The fourth-order valence-corrected chi connectivity index (χ4v) is 9.09. The number of hydrogen-bond acceptors (Lipinski definition) is 5. The van der Waals surface area contributed by atoms with Gasteiger partial charge in [0.15, 0.2) is 5.78 Å². The van der Waals surface area contributed by atoms with Crippen LogP contribution in [0.5, 0.6) is 0 Å². The van der Waals surface area contributed by atoms with Crippen LogP contribution in [0, 0.1) is 17.2 Å². The number of sulfonamides is 1. The number of ketones is 1. The molecule has 1 aliphatic heterocycles. The molecule has 0 amide bonds. The summed E-state index contributed by atoms with van der Waals surface area (Å²) in [6.07, 6.45) is 1.93. The fourth-order valence-electron chi connectivity index (χ4n) is 7.19. The van der Waals surface area contributed by atoms with Gasteiger partial charge in [-0.1, -0.05) is 35.9 Å². The predicted molar refractivity (Wildman–Crippen MR) is 150 cm³/mol. The molecule has 2 bridgehead atoms. The summed E-state index contributed by atoms with van der Waals surface area (Å²) < 4.78 is 69.9. The van der Waals surface area contributed by atoms with Gasteiger partial charge in [0.2, 0.25) is 15.9 Å². The SMILES string of the molecule is CC1(C)NC(C23CC(N(Cc4ccc(Cl)c(F)c4)S(=O)(=O)c4ccccc4)(C2)C3)=N[C@@H]1C(=O)CCC1CC(F)(F)C1. The molecule has 0 radical (unpaired) electrons. The number of nitrogens with one attached hydrogen (secondary N) is 1. The Labute approximate surface area is 243 Å². The Morgan fingerprint density at radius 3 is 2.37 bits per heavy atom. The molecule has 11 heteroatoms. The molecule has 0 saturated heterocycles. The first-order chi connectivity index (χ1) is 19.1. The standard InChI is InChI=1S/C30H33ClF3N3O3S/c1-27(2)25(24(38)11-9-20-13-30(33,34)14-20)35-26(36-27)28-16-29(17-28,18-28)37(15-19-8-10-22(31)23(32)12-19)41(39,40)21-6-4-3-5-7-21/h3-8,10,12,20,25H,9,11,13-18H2,1-2H3,(H,35,36)/t25-,28?,29?/m1/s1. The van der Waals surface area contributed by atoms with Crippen LogP contribution in [-0.2, 0) is 21.4 Å². The molecular weight excluding hydrogens is 575 g/mol. The van der Waals surface area contributed by atoms with Gasteiger partial charge in [-0.25, -0.2) is 21.6 Å². The number of benzene rings is 2. The lowest BCUT2D eigenvalue weighted by molar-refractivity contribution is -0.151. The van der Waals surface area contributed by atoms with Crippen LogP contribution in [0.2, 0.25) is 5.02 Å². The Balaban J connectivity index is 1.20. The third-order valence-electron chi connectivity index (χ3n) is 9.34. The minimum Gasteiger partial charge on any atom is -0.366 e. The number of hydrogen-bond donors (Lipinski definition) is 1. The topological polar surface area (TPSA) is 78.8 Å². The largest absolute Gasteiger partial charge is 0.366 e. The van der Waals surface area contributed by atoms with E-state index >= 15 is 0 Å². The Morgan fingerprint density at radius 1 is 1.10 bits per heavy atom. The van der Waals surface area contributed by atoms with Crippen molar-refractivity contribution in [1.29, 1.82) is 0 Å². The average molecular weight is 608 g/mol. The van der Waals surface area contributed by atoms with Crippen molar-refractivity contribution < 1.29 is 26.4 Å². The maximum Gasteiger partial charge on any atom is 0.248 e. The quantitative estimate of drug-likeness (QED) is 0.352. The molecule has 0 unspecified atom stereocenters. The highest BCUT2D eigenvalue weighted by atomic mass is 35.5. The first-order valence-electron chi connectivity index (χ1n) is 13.9. The van der Waals surface area contributed by atoms with E-state index in [1.54, 1.807) is 36.4 Å². The molecular formula is C30H33ClF3N3O3S. The molecule has 41 heavy (non-hydrogen) atoms. The molecule has 0 spiro atoms. The molecule has 2 aromatic carbocycles. The van der Waals surface area contributed by atoms with E-state index in [0.717, 1.165) is 0 Å². The van der Waals surface area contributed by atoms with Crippen LogP contribution in [-0.4, -0.2) is 47.4 Å². The van der Waals surface area contributed by atoms with E-state index in [1.807, 2.05) is 13.8 Å². The smallest absolute Gasteiger partial charge is 0.248 e. The zero-order valence-electron chi connectivity index (χ0n) is 23.0. The number of halogens is 4. The van der Waals surface area contributed by atoms with Gasteiger partial charge < -0.3 is 5.32 Å². The van der Waals surface area contributed by atoms with Crippen molar-refractivity contribution >= 4 is 33.2 Å². The van der Waals surface area contributed by atoms with Gasteiger partial charge in [-0.05, 0) is 75.3 Å². The molecule has 1 N–H and O–H groups in total. The Bertz CT molecular complexity index is 1500. The molecule has 1 heterocycles. The summed E-state index contributed by atoms with van der Waals surface area (Å²) in [5, 5.41) is 3.41. The number of Topliss-reactive ketones (excluding diaryl/α,β-unsaturated/α-hetero) is 1. The van der Waals surface area contributed by atoms with Crippen LogP contribution in [0.15, 0.2) is 58.4 Å². The number of nitrogens with zero attached hydrogens (tertiary/aromatic N) is 2. The van der Waals surface area contributed by atoms with Crippen LogP contribution in [0.3, 0.4) is 0 Å². The third kappa shape index (κ3) is 4.89. The number of rotatable bonds is 10. The number of carbonyl (C=O) groups is 1. The van der Waals surface area contributed by atoms with E-state index in [-0.39, 0.29) is 52.8 Å². The summed E-state index contributed by atoms with van der Waals surface area (Å²) in [5.41, 5.74) is -1.15. The van der Waals surface area contributed by atoms with Gasteiger partial charge in [0.05, 0.1) is 15.5 Å². The van der Waals surface area contributed by atoms with E-state index in [4.69, 9.17) is 16.6 Å². The Hall–Kier alpha value is -2.43. The van der Waals surface area contributed by atoms with Crippen LogP contribution >= 0.6 is 11.6 Å². The summed E-state index contributed by atoms with van der Waals surface area (Å²) >= 11 is 5.86. The highest BCUT2D eigenvalue weighted by Crippen LogP contribution is 2.71. The lowest BCUT2D eigenvalue weighted by atomic mass is 9.38. The average Bonchev–Trinajstić information content (AvgIpc) is 3.16. The zero-order valence-corrected chi connectivity index (χ0v) is 24.5. The molecule has 220 valence electrons. The van der Waals surface area contributed by atoms with E-state index < -0.39 is 38.9 Å². The molecule has 5 aliphatic rings. The van der Waals surface area contributed by atoms with E-state index in [0.29, 0.717) is 37.1 Å². The van der Waals surface area contributed by atoms with E-state index in [1.165, 1.54) is 16.4 Å². The van der Waals surface area contributed by atoms with E-state index in [9.17, 15) is 26.4 Å². The molecule has 4 saturated carbocycles. The first-order valence-corrected chi connectivity index (χ1v) is 15.8. The monoisotopic (exact) mass is 607 g/mol. The predicted octanol–water partition coefficient (Wildman–Crippen LogP) is 6.14. The number of carbonyl (C=O) groups excluding carboxylic acids is 1. The minimum absolute atomic E-state index is 0.00584. The van der Waals surface area contributed by atoms with Crippen molar-refractivity contribution in [2.24, 2.45) is 16.3 Å². The minimum atomic E-state index is -3.91. The summed E-state index contributed by atoms with van der Waals surface area (Å²) in [6.45, 7) is 3.81. The van der Waals surface area contributed by atoms with Crippen molar-refractivity contribution in [3.63, 3.8) is 0 Å². The van der Waals surface area contributed by atoms with Crippen LogP contribution < -0.4 is 5.32 Å². The normalized spacial score (nSPS) is 29.6. The molecule has 7 rings (SSSR count). The van der Waals surface area contributed by atoms with Gasteiger partial charge in [0.1, 0.15) is 17.7 Å². The lowest BCUT2D eigenvalue weighted by Gasteiger charge is -2.73. The van der Waals surface area contributed by atoms with Crippen molar-refractivity contribution in [3.05, 3.63) is 64.9 Å². The fraction of sp³-hybridized carbons (Fsp3) is 0.533. The molecule has 6 nitrogen and oxygen atoms in total. The van der Waals surface area contributed by atoms with Crippen molar-refractivity contribution in [3.8, 4) is 0 Å². The second-order valence-electron chi connectivity index (χ2n) is 13.0. The van der Waals surface area contributed by atoms with Crippen LogP contribution in [0.25, 0.3) is 0 Å². The zero-order chi connectivity index (χ0) is 29.4. The lowest BCUT2D eigenvalue weighted by Crippen LogP contribution is -2.78. The summed E-state index contributed by atoms with van der Waals surface area (Å²) in [7, 11) is -3.91. The van der Waals surface area contributed by atoms with Gasteiger partial charge in [-0.15, -0.1) is 0 Å². The van der Waals surface area contributed by atoms with Crippen LogP contribution in [0.4, 0.5) is 13.2 Å². The maximum absolute atomic E-state index is 14.3. The van der Waals surface area contributed by atoms with Crippen molar-refractivity contribution in [2.75, 3.05) is 0 Å². The molecule has 1 atom stereocenters.